The lowest BCUT2D eigenvalue weighted by Crippen LogP contribution is -2.11. The molecule has 134 valence electrons. The van der Waals surface area contributed by atoms with Crippen LogP contribution in [0.15, 0.2) is 57.8 Å². The SMILES string of the molecule is Cc1cccc(-c2nnc(NC(=O)CCCSc3ccc(Cl)cc3)o2)c1. The van der Waals surface area contributed by atoms with Gasteiger partial charge in [-0.15, -0.1) is 16.9 Å². The third-order valence-electron chi connectivity index (χ3n) is 3.57. The number of rotatable bonds is 7. The summed E-state index contributed by atoms with van der Waals surface area (Å²) in [5.74, 6) is 1.09. The zero-order chi connectivity index (χ0) is 18.4. The van der Waals surface area contributed by atoms with Crippen LogP contribution in [0.25, 0.3) is 11.5 Å². The standard InChI is InChI=1S/C19H18ClN3O2S/c1-13-4-2-5-14(12-13)18-22-23-19(25-18)21-17(24)6-3-11-26-16-9-7-15(20)8-10-16/h2,4-5,7-10,12H,3,6,11H2,1H3,(H,21,23,24). The summed E-state index contributed by atoms with van der Waals surface area (Å²) < 4.78 is 5.51. The van der Waals surface area contributed by atoms with Crippen LogP contribution in [-0.4, -0.2) is 21.9 Å². The normalized spacial score (nSPS) is 10.7. The smallest absolute Gasteiger partial charge is 0.322 e. The lowest BCUT2D eigenvalue weighted by Gasteiger charge is -2.02. The Morgan fingerprint density at radius 3 is 2.77 bits per heavy atom. The van der Waals surface area contributed by atoms with E-state index >= 15 is 0 Å². The van der Waals surface area contributed by atoms with E-state index in [9.17, 15) is 4.79 Å². The van der Waals surface area contributed by atoms with Crippen LogP contribution in [0.3, 0.4) is 0 Å². The highest BCUT2D eigenvalue weighted by Crippen LogP contribution is 2.22. The third kappa shape index (κ3) is 5.34. The van der Waals surface area contributed by atoms with Crippen LogP contribution in [0.2, 0.25) is 5.02 Å². The predicted octanol–water partition coefficient (Wildman–Crippen LogP) is 5.21. The monoisotopic (exact) mass is 387 g/mol. The number of benzene rings is 2. The van der Waals surface area contributed by atoms with Gasteiger partial charge < -0.3 is 4.42 Å². The highest BCUT2D eigenvalue weighted by Gasteiger charge is 2.11. The van der Waals surface area contributed by atoms with Gasteiger partial charge >= 0.3 is 6.01 Å². The molecule has 0 spiro atoms. The van der Waals surface area contributed by atoms with Crippen molar-refractivity contribution in [2.75, 3.05) is 11.1 Å². The van der Waals surface area contributed by atoms with Gasteiger partial charge in [-0.25, -0.2) is 0 Å². The Morgan fingerprint density at radius 2 is 2.00 bits per heavy atom. The van der Waals surface area contributed by atoms with Crippen molar-refractivity contribution in [3.8, 4) is 11.5 Å². The number of aromatic nitrogens is 2. The highest BCUT2D eigenvalue weighted by molar-refractivity contribution is 7.99. The molecule has 0 aliphatic heterocycles. The summed E-state index contributed by atoms with van der Waals surface area (Å²) in [5.41, 5.74) is 1.93. The van der Waals surface area contributed by atoms with Gasteiger partial charge in [0.25, 0.3) is 0 Å². The summed E-state index contributed by atoms with van der Waals surface area (Å²) in [5, 5.41) is 11.2. The minimum absolute atomic E-state index is 0.122. The Balaban J connectivity index is 1.44. The molecule has 0 bridgehead atoms. The number of nitrogens with one attached hydrogen (secondary N) is 1. The van der Waals surface area contributed by atoms with Crippen molar-refractivity contribution in [1.82, 2.24) is 10.2 Å². The van der Waals surface area contributed by atoms with Gasteiger partial charge in [-0.1, -0.05) is 34.4 Å². The molecule has 3 rings (SSSR count). The first-order chi connectivity index (χ1) is 12.6. The molecule has 0 fully saturated rings. The van der Waals surface area contributed by atoms with Crippen LogP contribution in [0.4, 0.5) is 6.01 Å². The third-order valence-corrected chi connectivity index (χ3v) is 4.92. The molecule has 0 aliphatic carbocycles. The van der Waals surface area contributed by atoms with Gasteiger partial charge in [-0.2, -0.15) is 0 Å². The molecule has 0 radical (unpaired) electrons. The highest BCUT2D eigenvalue weighted by atomic mass is 35.5. The van der Waals surface area contributed by atoms with E-state index in [1.54, 1.807) is 11.8 Å². The van der Waals surface area contributed by atoms with E-state index in [-0.39, 0.29) is 11.9 Å². The average molecular weight is 388 g/mol. The molecule has 0 saturated heterocycles. The van der Waals surface area contributed by atoms with Crippen molar-refractivity contribution in [3.63, 3.8) is 0 Å². The summed E-state index contributed by atoms with van der Waals surface area (Å²) in [6.07, 6.45) is 1.14. The van der Waals surface area contributed by atoms with E-state index in [2.05, 4.69) is 15.5 Å². The van der Waals surface area contributed by atoms with Crippen molar-refractivity contribution < 1.29 is 9.21 Å². The number of aryl methyl sites for hydroxylation is 1. The molecule has 1 amide bonds. The minimum Gasteiger partial charge on any atom is -0.403 e. The fraction of sp³-hybridized carbons (Fsp3) is 0.211. The van der Waals surface area contributed by atoms with Crippen molar-refractivity contribution in [3.05, 3.63) is 59.1 Å². The quantitative estimate of drug-likeness (QED) is 0.445. The minimum atomic E-state index is -0.138. The van der Waals surface area contributed by atoms with E-state index in [4.69, 9.17) is 16.0 Å². The van der Waals surface area contributed by atoms with Gasteiger partial charge in [-0.3, -0.25) is 10.1 Å². The van der Waals surface area contributed by atoms with Gasteiger partial charge in [0, 0.05) is 21.9 Å². The van der Waals surface area contributed by atoms with Crippen molar-refractivity contribution >= 4 is 35.3 Å². The van der Waals surface area contributed by atoms with Gasteiger partial charge in [0.1, 0.15) is 0 Å². The molecular weight excluding hydrogens is 370 g/mol. The van der Waals surface area contributed by atoms with Crippen molar-refractivity contribution in [2.24, 2.45) is 0 Å². The lowest BCUT2D eigenvalue weighted by molar-refractivity contribution is -0.116. The number of anilines is 1. The first-order valence-electron chi connectivity index (χ1n) is 8.19. The molecule has 0 saturated carbocycles. The Kier molecular flexibility index (Phi) is 6.30. The summed E-state index contributed by atoms with van der Waals surface area (Å²) >= 11 is 7.55. The van der Waals surface area contributed by atoms with Crippen LogP contribution in [0, 0.1) is 6.92 Å². The Bertz CT molecular complexity index is 881. The zero-order valence-corrected chi connectivity index (χ0v) is 15.8. The van der Waals surface area contributed by atoms with Crippen LogP contribution >= 0.6 is 23.4 Å². The second-order valence-electron chi connectivity index (χ2n) is 5.74. The number of amides is 1. The van der Waals surface area contributed by atoms with Crippen molar-refractivity contribution in [2.45, 2.75) is 24.7 Å². The van der Waals surface area contributed by atoms with Gasteiger partial charge in [0.2, 0.25) is 11.8 Å². The molecule has 7 heteroatoms. The fourth-order valence-corrected chi connectivity index (χ4v) is 3.28. The summed E-state index contributed by atoms with van der Waals surface area (Å²) in [6.45, 7) is 1.99. The summed E-state index contributed by atoms with van der Waals surface area (Å²) in [7, 11) is 0. The largest absolute Gasteiger partial charge is 0.403 e. The molecule has 0 aliphatic rings. The van der Waals surface area contributed by atoms with E-state index in [0.29, 0.717) is 12.3 Å². The number of hydrogen-bond donors (Lipinski definition) is 1. The molecule has 2 aromatic carbocycles. The lowest BCUT2D eigenvalue weighted by atomic mass is 10.1. The number of carbonyl (C=O) groups excluding carboxylic acids is 1. The van der Waals surface area contributed by atoms with Crippen LogP contribution in [-0.2, 0) is 4.79 Å². The second-order valence-corrected chi connectivity index (χ2v) is 7.34. The first-order valence-corrected chi connectivity index (χ1v) is 9.55. The van der Waals surface area contributed by atoms with Gasteiger partial charge in [0.15, 0.2) is 0 Å². The average Bonchev–Trinajstić information content (AvgIpc) is 3.09. The Labute approximate surface area is 161 Å². The molecular formula is C19H18ClN3O2S. The zero-order valence-electron chi connectivity index (χ0n) is 14.2. The van der Waals surface area contributed by atoms with E-state index in [1.165, 1.54) is 0 Å². The number of carbonyl (C=O) groups is 1. The van der Waals surface area contributed by atoms with Gasteiger partial charge in [-0.05, 0) is 55.5 Å². The van der Waals surface area contributed by atoms with Crippen LogP contribution in [0.1, 0.15) is 18.4 Å². The van der Waals surface area contributed by atoms with E-state index < -0.39 is 0 Å². The maximum Gasteiger partial charge on any atom is 0.322 e. The van der Waals surface area contributed by atoms with Crippen LogP contribution < -0.4 is 5.32 Å². The second kappa shape index (κ2) is 8.87. The molecule has 0 unspecified atom stereocenters. The molecule has 5 nitrogen and oxygen atoms in total. The maximum atomic E-state index is 12.0. The van der Waals surface area contributed by atoms with Crippen LogP contribution in [0.5, 0.6) is 0 Å². The molecule has 1 N–H and O–H groups in total. The predicted molar refractivity (Wildman–Crippen MR) is 105 cm³/mol. The Morgan fingerprint density at radius 1 is 1.19 bits per heavy atom. The van der Waals surface area contributed by atoms with E-state index in [1.807, 2.05) is 55.5 Å². The molecule has 0 atom stereocenters. The van der Waals surface area contributed by atoms with Gasteiger partial charge in [0.05, 0.1) is 0 Å². The van der Waals surface area contributed by atoms with E-state index in [0.717, 1.165) is 33.2 Å². The summed E-state index contributed by atoms with van der Waals surface area (Å²) in [6, 6.07) is 15.5. The fourth-order valence-electron chi connectivity index (χ4n) is 2.30. The molecule has 26 heavy (non-hydrogen) atoms. The maximum absolute atomic E-state index is 12.0. The number of nitrogens with zero attached hydrogens (tertiary/aromatic N) is 2. The molecule has 1 heterocycles. The molecule has 3 aromatic rings. The number of thioether (sulfide) groups is 1. The first kappa shape index (κ1) is 18.5. The summed E-state index contributed by atoms with van der Waals surface area (Å²) in [4.78, 5) is 13.1. The number of halogens is 1. The Hall–Kier alpha value is -2.31. The number of hydrogen-bond acceptors (Lipinski definition) is 5. The molecule has 1 aromatic heterocycles. The van der Waals surface area contributed by atoms with Crippen molar-refractivity contribution in [1.29, 1.82) is 0 Å². The topological polar surface area (TPSA) is 68.0 Å².